The van der Waals surface area contributed by atoms with Crippen LogP contribution in [-0.2, 0) is 0 Å². The highest BCUT2D eigenvalue weighted by molar-refractivity contribution is 5.53. The number of ether oxygens (including phenoxy) is 2. The number of anilines is 1. The van der Waals surface area contributed by atoms with E-state index in [1.807, 2.05) is 46.0 Å². The average Bonchev–Trinajstić information content (AvgIpc) is 2.98. The highest BCUT2D eigenvalue weighted by Gasteiger charge is 2.24. The Morgan fingerprint density at radius 1 is 1.12 bits per heavy atom. The summed E-state index contributed by atoms with van der Waals surface area (Å²) in [6.07, 6.45) is 2.74. The van der Waals surface area contributed by atoms with Crippen LogP contribution in [0.4, 0.5) is 5.69 Å². The third kappa shape index (κ3) is 3.84. The second kappa shape index (κ2) is 4.47. The van der Waals surface area contributed by atoms with Crippen molar-refractivity contribution in [3.63, 3.8) is 0 Å². The van der Waals surface area contributed by atoms with Gasteiger partial charge in [-0.1, -0.05) is 0 Å². The molecule has 0 atom stereocenters. The minimum absolute atomic E-state index is 0.191. The second-order valence-electron chi connectivity index (χ2n) is 5.47. The smallest absolute Gasteiger partial charge is 0.125 e. The van der Waals surface area contributed by atoms with Gasteiger partial charge in [0.25, 0.3) is 0 Å². The van der Waals surface area contributed by atoms with Crippen LogP contribution in [0.25, 0.3) is 0 Å². The van der Waals surface area contributed by atoms with E-state index in [0.717, 1.165) is 17.2 Å². The van der Waals surface area contributed by atoms with E-state index in [1.165, 1.54) is 12.8 Å². The molecule has 3 heteroatoms. The lowest BCUT2D eigenvalue weighted by atomic mass is 10.2. The van der Waals surface area contributed by atoms with Gasteiger partial charge in [-0.05, 0) is 33.6 Å². The Balaban J connectivity index is 2.18. The second-order valence-corrected chi connectivity index (χ2v) is 5.47. The normalized spacial score (nSPS) is 15.5. The highest BCUT2D eigenvalue weighted by atomic mass is 16.5. The molecule has 1 aromatic carbocycles. The fourth-order valence-electron chi connectivity index (χ4n) is 1.57. The van der Waals surface area contributed by atoms with Crippen molar-refractivity contribution in [2.45, 2.75) is 45.3 Å². The van der Waals surface area contributed by atoms with Crippen molar-refractivity contribution < 1.29 is 9.47 Å². The van der Waals surface area contributed by atoms with Gasteiger partial charge >= 0.3 is 0 Å². The van der Waals surface area contributed by atoms with E-state index in [9.17, 15) is 0 Å². The van der Waals surface area contributed by atoms with E-state index in [-0.39, 0.29) is 5.60 Å². The van der Waals surface area contributed by atoms with Gasteiger partial charge in [-0.25, -0.2) is 0 Å². The summed E-state index contributed by atoms with van der Waals surface area (Å²) >= 11 is 0. The van der Waals surface area contributed by atoms with Crippen molar-refractivity contribution in [3.05, 3.63) is 18.2 Å². The maximum atomic E-state index is 5.87. The van der Waals surface area contributed by atoms with Crippen LogP contribution >= 0.6 is 0 Å². The summed E-state index contributed by atoms with van der Waals surface area (Å²) in [5.74, 6) is 1.73. The topological polar surface area (TPSA) is 30.5 Å². The largest absolute Gasteiger partial charge is 0.490 e. The molecule has 2 rings (SSSR count). The molecule has 94 valence electrons. The van der Waals surface area contributed by atoms with Crippen LogP contribution in [0.3, 0.4) is 0 Å². The molecule has 3 nitrogen and oxygen atoms in total. The van der Waals surface area contributed by atoms with Gasteiger partial charge in [0, 0.05) is 30.9 Å². The van der Waals surface area contributed by atoms with Crippen molar-refractivity contribution in [1.82, 2.24) is 0 Å². The molecule has 0 radical (unpaired) electrons. The van der Waals surface area contributed by atoms with Crippen LogP contribution in [0.15, 0.2) is 18.2 Å². The molecular formula is C14H21NO2. The van der Waals surface area contributed by atoms with E-state index in [4.69, 9.17) is 9.47 Å². The fraction of sp³-hybridized carbons (Fsp3) is 0.571. The minimum Gasteiger partial charge on any atom is -0.490 e. The molecule has 0 spiro atoms. The summed E-state index contributed by atoms with van der Waals surface area (Å²) in [4.78, 5) is 0. The number of hydrogen-bond donors (Lipinski definition) is 1. The van der Waals surface area contributed by atoms with Crippen molar-refractivity contribution >= 4 is 5.69 Å². The van der Waals surface area contributed by atoms with Crippen LogP contribution in [0.2, 0.25) is 0 Å². The van der Waals surface area contributed by atoms with Crippen molar-refractivity contribution in [2.24, 2.45) is 0 Å². The summed E-state index contributed by atoms with van der Waals surface area (Å²) in [5.41, 5.74) is 0.825. The Morgan fingerprint density at radius 2 is 1.76 bits per heavy atom. The third-order valence-corrected chi connectivity index (χ3v) is 2.42. The summed E-state index contributed by atoms with van der Waals surface area (Å²) in [6, 6.07) is 5.96. The molecule has 1 fully saturated rings. The van der Waals surface area contributed by atoms with Crippen LogP contribution in [0.5, 0.6) is 11.5 Å². The quantitative estimate of drug-likeness (QED) is 0.867. The molecule has 0 aromatic heterocycles. The molecule has 17 heavy (non-hydrogen) atoms. The van der Waals surface area contributed by atoms with Crippen molar-refractivity contribution in [1.29, 1.82) is 0 Å². The summed E-state index contributed by atoms with van der Waals surface area (Å²) in [7, 11) is 1.90. The molecule has 1 aliphatic carbocycles. The lowest BCUT2D eigenvalue weighted by molar-refractivity contribution is 0.130. The third-order valence-electron chi connectivity index (χ3n) is 2.42. The lowest BCUT2D eigenvalue weighted by Gasteiger charge is -2.22. The highest BCUT2D eigenvalue weighted by Crippen LogP contribution is 2.32. The first-order chi connectivity index (χ1) is 7.96. The van der Waals surface area contributed by atoms with Crippen LogP contribution in [0.1, 0.15) is 33.6 Å². The zero-order chi connectivity index (χ0) is 12.5. The van der Waals surface area contributed by atoms with Gasteiger partial charge in [0.2, 0.25) is 0 Å². The fourth-order valence-corrected chi connectivity index (χ4v) is 1.57. The van der Waals surface area contributed by atoms with Gasteiger partial charge in [0.05, 0.1) is 6.10 Å². The molecule has 1 saturated carbocycles. The Hall–Kier alpha value is -1.38. The van der Waals surface area contributed by atoms with Crippen LogP contribution in [0, 0.1) is 0 Å². The predicted octanol–water partition coefficient (Wildman–Crippen LogP) is 3.45. The van der Waals surface area contributed by atoms with Crippen LogP contribution < -0.4 is 14.8 Å². The standard InChI is InChI=1S/C14H21NO2/c1-14(2,3)17-13-8-10(15-4)7-12(9-13)16-11-5-6-11/h7-9,11,15H,5-6H2,1-4H3. The summed E-state index contributed by atoms with van der Waals surface area (Å²) in [5, 5.41) is 3.13. The summed E-state index contributed by atoms with van der Waals surface area (Å²) in [6.45, 7) is 6.13. The molecule has 0 amide bonds. The first-order valence-corrected chi connectivity index (χ1v) is 6.15. The first kappa shape index (κ1) is 12.1. The Bertz CT molecular complexity index is 392. The van der Waals surface area contributed by atoms with Gasteiger partial charge in [-0.15, -0.1) is 0 Å². The minimum atomic E-state index is -0.191. The number of benzene rings is 1. The molecule has 1 N–H and O–H groups in total. The Kier molecular flexibility index (Phi) is 3.18. The molecule has 0 unspecified atom stereocenters. The Morgan fingerprint density at radius 3 is 2.29 bits per heavy atom. The van der Waals surface area contributed by atoms with E-state index in [0.29, 0.717) is 6.10 Å². The SMILES string of the molecule is CNc1cc(OC2CC2)cc(OC(C)(C)C)c1. The Labute approximate surface area is 103 Å². The van der Waals surface area contributed by atoms with Gasteiger partial charge < -0.3 is 14.8 Å². The number of nitrogens with one attached hydrogen (secondary N) is 1. The molecule has 0 saturated heterocycles. The predicted molar refractivity (Wildman–Crippen MR) is 70.0 cm³/mol. The number of rotatable bonds is 4. The first-order valence-electron chi connectivity index (χ1n) is 6.15. The zero-order valence-corrected chi connectivity index (χ0v) is 11.0. The van der Waals surface area contributed by atoms with Crippen molar-refractivity contribution in [2.75, 3.05) is 12.4 Å². The van der Waals surface area contributed by atoms with Gasteiger partial charge in [-0.3, -0.25) is 0 Å². The van der Waals surface area contributed by atoms with Crippen LogP contribution in [-0.4, -0.2) is 18.8 Å². The molecule has 0 aliphatic heterocycles. The van der Waals surface area contributed by atoms with Gasteiger partial charge in [0.1, 0.15) is 17.1 Å². The van der Waals surface area contributed by atoms with E-state index in [1.54, 1.807) is 0 Å². The average molecular weight is 235 g/mol. The molecular weight excluding hydrogens is 214 g/mol. The van der Waals surface area contributed by atoms with E-state index >= 15 is 0 Å². The number of hydrogen-bond acceptors (Lipinski definition) is 3. The maximum absolute atomic E-state index is 5.87. The molecule has 1 aliphatic rings. The lowest BCUT2D eigenvalue weighted by Crippen LogP contribution is -2.23. The monoisotopic (exact) mass is 235 g/mol. The van der Waals surface area contributed by atoms with Gasteiger partial charge in [-0.2, -0.15) is 0 Å². The molecule has 0 heterocycles. The molecule has 1 aromatic rings. The summed E-state index contributed by atoms with van der Waals surface area (Å²) < 4.78 is 11.7. The van der Waals surface area contributed by atoms with Gasteiger partial charge in [0.15, 0.2) is 0 Å². The molecule has 0 bridgehead atoms. The van der Waals surface area contributed by atoms with E-state index in [2.05, 4.69) is 5.32 Å². The van der Waals surface area contributed by atoms with Crippen molar-refractivity contribution in [3.8, 4) is 11.5 Å². The van der Waals surface area contributed by atoms with E-state index < -0.39 is 0 Å². The maximum Gasteiger partial charge on any atom is 0.125 e. The zero-order valence-electron chi connectivity index (χ0n) is 11.0.